The van der Waals surface area contributed by atoms with E-state index in [-0.39, 0.29) is 0 Å². The van der Waals surface area contributed by atoms with E-state index in [0.717, 1.165) is 42.3 Å². The molecule has 19 heavy (non-hydrogen) atoms. The van der Waals surface area contributed by atoms with Crippen LogP contribution >= 0.6 is 22.7 Å². The average molecular weight is 292 g/mol. The Labute approximate surface area is 120 Å². The highest BCUT2D eigenvalue weighted by Crippen LogP contribution is 2.38. The Morgan fingerprint density at radius 1 is 1.37 bits per heavy atom. The minimum absolute atomic E-state index is 0.726. The molecule has 0 unspecified atom stereocenters. The summed E-state index contributed by atoms with van der Waals surface area (Å²) in [5.74, 6) is 0.976. The second-order valence-corrected chi connectivity index (χ2v) is 6.61. The van der Waals surface area contributed by atoms with Crippen molar-refractivity contribution in [2.24, 2.45) is 5.73 Å². The number of thiazole rings is 1. The largest absolute Gasteiger partial charge is 0.493 e. The van der Waals surface area contributed by atoms with Crippen LogP contribution in [0.25, 0.3) is 20.3 Å². The molecule has 2 heterocycles. The van der Waals surface area contributed by atoms with E-state index >= 15 is 0 Å². The monoisotopic (exact) mass is 292 g/mol. The van der Waals surface area contributed by atoms with Gasteiger partial charge in [0, 0.05) is 11.5 Å². The zero-order valence-corrected chi connectivity index (χ0v) is 12.4. The van der Waals surface area contributed by atoms with Gasteiger partial charge < -0.3 is 10.5 Å². The highest BCUT2D eigenvalue weighted by molar-refractivity contribution is 7.21. The van der Waals surface area contributed by atoms with Gasteiger partial charge >= 0.3 is 0 Å². The number of nitrogens with two attached hydrogens (primary N) is 1. The lowest BCUT2D eigenvalue weighted by atomic mass is 10.2. The van der Waals surface area contributed by atoms with Crippen LogP contribution in [0.2, 0.25) is 0 Å². The zero-order chi connectivity index (χ0) is 13.2. The molecule has 0 saturated carbocycles. The molecule has 0 saturated heterocycles. The molecule has 0 fully saturated rings. The predicted octanol–water partition coefficient (Wildman–Crippen LogP) is 3.94. The van der Waals surface area contributed by atoms with Crippen molar-refractivity contribution in [1.82, 2.24) is 4.98 Å². The first kappa shape index (κ1) is 12.8. The van der Waals surface area contributed by atoms with Crippen LogP contribution < -0.4 is 10.5 Å². The Morgan fingerprint density at radius 2 is 2.26 bits per heavy atom. The molecule has 3 aromatic rings. The van der Waals surface area contributed by atoms with E-state index in [2.05, 4.69) is 22.5 Å². The Hall–Kier alpha value is -1.17. The normalized spacial score (nSPS) is 11.5. The molecule has 0 atom stereocenters. The van der Waals surface area contributed by atoms with Gasteiger partial charge in [-0.2, -0.15) is 0 Å². The lowest BCUT2D eigenvalue weighted by Crippen LogP contribution is -2.03. The highest BCUT2D eigenvalue weighted by Gasteiger charge is 2.12. The van der Waals surface area contributed by atoms with E-state index in [1.165, 1.54) is 14.8 Å². The quantitative estimate of drug-likeness (QED) is 0.725. The van der Waals surface area contributed by atoms with E-state index in [9.17, 15) is 0 Å². The first-order valence-corrected chi connectivity index (χ1v) is 8.09. The van der Waals surface area contributed by atoms with Gasteiger partial charge in [0.15, 0.2) is 0 Å². The van der Waals surface area contributed by atoms with E-state index < -0.39 is 0 Å². The third-order valence-corrected chi connectivity index (χ3v) is 4.86. The molecule has 0 bridgehead atoms. The summed E-state index contributed by atoms with van der Waals surface area (Å²) in [5, 5.41) is 4.38. The number of thiophene rings is 1. The number of ether oxygens (including phenoxy) is 1. The SMILES string of the molecule is Cc1nc2c(cc(OCCCCN)c3ccsc32)s1. The molecular formula is C14H16N2OS2. The Kier molecular flexibility index (Phi) is 3.68. The number of aromatic nitrogens is 1. The lowest BCUT2D eigenvalue weighted by molar-refractivity contribution is 0.312. The van der Waals surface area contributed by atoms with Crippen LogP contribution in [0.4, 0.5) is 0 Å². The topological polar surface area (TPSA) is 48.1 Å². The molecule has 2 aromatic heterocycles. The molecule has 0 amide bonds. The molecule has 0 aliphatic rings. The minimum Gasteiger partial charge on any atom is -0.493 e. The van der Waals surface area contributed by atoms with E-state index in [0.29, 0.717) is 0 Å². The van der Waals surface area contributed by atoms with Crippen molar-refractivity contribution >= 4 is 43.0 Å². The van der Waals surface area contributed by atoms with E-state index in [1.807, 2.05) is 6.92 Å². The van der Waals surface area contributed by atoms with Crippen molar-refractivity contribution in [2.45, 2.75) is 19.8 Å². The van der Waals surface area contributed by atoms with Crippen LogP contribution in [-0.4, -0.2) is 18.1 Å². The smallest absolute Gasteiger partial charge is 0.129 e. The summed E-state index contributed by atoms with van der Waals surface area (Å²) in [4.78, 5) is 4.62. The van der Waals surface area contributed by atoms with Gasteiger partial charge in [0.2, 0.25) is 0 Å². The number of rotatable bonds is 5. The first-order valence-electron chi connectivity index (χ1n) is 6.40. The van der Waals surface area contributed by atoms with Crippen LogP contribution in [0.15, 0.2) is 17.5 Å². The van der Waals surface area contributed by atoms with Crippen LogP contribution in [0.3, 0.4) is 0 Å². The Bertz CT molecular complexity index is 702. The maximum Gasteiger partial charge on any atom is 0.129 e. The van der Waals surface area contributed by atoms with Crippen molar-refractivity contribution in [3.63, 3.8) is 0 Å². The van der Waals surface area contributed by atoms with Crippen molar-refractivity contribution in [2.75, 3.05) is 13.2 Å². The van der Waals surface area contributed by atoms with Gasteiger partial charge in [-0.3, -0.25) is 0 Å². The van der Waals surface area contributed by atoms with Crippen LogP contribution in [0.1, 0.15) is 17.8 Å². The van der Waals surface area contributed by atoms with Crippen LogP contribution in [0.5, 0.6) is 5.75 Å². The molecule has 5 heteroatoms. The number of hydrogen-bond donors (Lipinski definition) is 1. The zero-order valence-electron chi connectivity index (χ0n) is 10.8. The number of benzene rings is 1. The van der Waals surface area contributed by atoms with Crippen LogP contribution in [-0.2, 0) is 0 Å². The van der Waals surface area contributed by atoms with Gasteiger partial charge in [0.25, 0.3) is 0 Å². The molecule has 3 nitrogen and oxygen atoms in total. The molecule has 0 aliphatic heterocycles. The fraction of sp³-hybridized carbons (Fsp3) is 0.357. The van der Waals surface area contributed by atoms with Gasteiger partial charge in [0.05, 0.1) is 26.5 Å². The lowest BCUT2D eigenvalue weighted by Gasteiger charge is -2.07. The summed E-state index contributed by atoms with van der Waals surface area (Å²) in [6.45, 7) is 3.50. The maximum atomic E-state index is 5.93. The third-order valence-electron chi connectivity index (χ3n) is 3.02. The highest BCUT2D eigenvalue weighted by atomic mass is 32.1. The van der Waals surface area contributed by atoms with Gasteiger partial charge in [-0.05, 0) is 37.8 Å². The van der Waals surface area contributed by atoms with Crippen molar-refractivity contribution < 1.29 is 4.74 Å². The summed E-state index contributed by atoms with van der Waals surface area (Å²) in [6.07, 6.45) is 2.01. The molecule has 0 aliphatic carbocycles. The predicted molar refractivity (Wildman–Crippen MR) is 83.5 cm³/mol. The van der Waals surface area contributed by atoms with Crippen LogP contribution in [0, 0.1) is 6.92 Å². The second-order valence-electron chi connectivity index (χ2n) is 4.46. The van der Waals surface area contributed by atoms with Gasteiger partial charge in [-0.25, -0.2) is 4.98 Å². The molecule has 100 valence electrons. The number of unbranched alkanes of at least 4 members (excludes halogenated alkanes) is 1. The van der Waals surface area contributed by atoms with Gasteiger partial charge in [-0.15, -0.1) is 22.7 Å². The molecule has 1 aromatic carbocycles. The molecular weight excluding hydrogens is 276 g/mol. The van der Waals surface area contributed by atoms with Gasteiger partial charge in [0.1, 0.15) is 5.75 Å². The number of nitrogens with zero attached hydrogens (tertiary/aromatic N) is 1. The summed E-state index contributed by atoms with van der Waals surface area (Å²) in [7, 11) is 0. The van der Waals surface area contributed by atoms with E-state index in [1.54, 1.807) is 22.7 Å². The molecule has 2 N–H and O–H groups in total. The summed E-state index contributed by atoms with van der Waals surface area (Å²) in [6, 6.07) is 4.24. The van der Waals surface area contributed by atoms with E-state index in [4.69, 9.17) is 10.5 Å². The first-order chi connectivity index (χ1) is 9.29. The fourth-order valence-electron chi connectivity index (χ4n) is 2.13. The average Bonchev–Trinajstić information content (AvgIpc) is 2.99. The number of hydrogen-bond acceptors (Lipinski definition) is 5. The number of aryl methyl sites for hydroxylation is 1. The second kappa shape index (κ2) is 5.45. The molecule has 0 spiro atoms. The summed E-state index contributed by atoms with van der Waals surface area (Å²) < 4.78 is 8.37. The minimum atomic E-state index is 0.726. The summed E-state index contributed by atoms with van der Waals surface area (Å²) in [5.41, 5.74) is 6.61. The van der Waals surface area contributed by atoms with Gasteiger partial charge in [-0.1, -0.05) is 0 Å². The standard InChI is InChI=1S/C14H16N2OS2/c1-9-16-13-12(19-9)8-11(17-6-3-2-5-15)10-4-7-18-14(10)13/h4,7-8H,2-3,5-6,15H2,1H3. The Morgan fingerprint density at radius 3 is 3.11 bits per heavy atom. The van der Waals surface area contributed by atoms with Crippen molar-refractivity contribution in [1.29, 1.82) is 0 Å². The van der Waals surface area contributed by atoms with Crippen molar-refractivity contribution in [3.8, 4) is 5.75 Å². The number of fused-ring (bicyclic) bond motifs is 3. The van der Waals surface area contributed by atoms with Crippen molar-refractivity contribution in [3.05, 3.63) is 22.5 Å². The maximum absolute atomic E-state index is 5.93. The molecule has 3 rings (SSSR count). The fourth-order valence-corrected chi connectivity index (χ4v) is 3.97. The summed E-state index contributed by atoms with van der Waals surface area (Å²) >= 11 is 3.46. The Balaban J connectivity index is 1.99. The molecule has 0 radical (unpaired) electrons. The third kappa shape index (κ3) is 2.45.